The molecule has 1 aromatic carbocycles. The van der Waals surface area contributed by atoms with Gasteiger partial charge in [0.2, 0.25) is 0 Å². The van der Waals surface area contributed by atoms with Crippen LogP contribution in [0.2, 0.25) is 5.02 Å². The number of rotatable bonds is 3. The first-order valence-corrected chi connectivity index (χ1v) is 5.99. The zero-order chi connectivity index (χ0) is 12.4. The van der Waals surface area contributed by atoms with Crippen LogP contribution in [0.4, 0.5) is 0 Å². The molecule has 0 saturated carbocycles. The van der Waals surface area contributed by atoms with Gasteiger partial charge in [-0.25, -0.2) is 0 Å². The van der Waals surface area contributed by atoms with E-state index in [4.69, 9.17) is 21.8 Å². The molecule has 0 radical (unpaired) electrons. The van der Waals surface area contributed by atoms with Crippen molar-refractivity contribution in [3.63, 3.8) is 0 Å². The summed E-state index contributed by atoms with van der Waals surface area (Å²) in [6.45, 7) is 3.93. The summed E-state index contributed by atoms with van der Waals surface area (Å²) in [4.78, 5) is 0. The van der Waals surface area contributed by atoms with E-state index in [1.54, 1.807) is 6.26 Å². The van der Waals surface area contributed by atoms with Crippen molar-refractivity contribution in [2.75, 3.05) is 0 Å². The van der Waals surface area contributed by atoms with Gasteiger partial charge in [0.15, 0.2) is 0 Å². The summed E-state index contributed by atoms with van der Waals surface area (Å²) in [5.41, 5.74) is 9.37. The maximum Gasteiger partial charge on any atom is 0.101 e. The zero-order valence-electron chi connectivity index (χ0n) is 10.0. The Morgan fingerprint density at radius 2 is 2.06 bits per heavy atom. The lowest BCUT2D eigenvalue weighted by Gasteiger charge is -2.11. The Morgan fingerprint density at radius 3 is 2.65 bits per heavy atom. The van der Waals surface area contributed by atoms with E-state index in [2.05, 4.69) is 6.07 Å². The molecule has 1 heterocycles. The smallest absolute Gasteiger partial charge is 0.101 e. The molecule has 90 valence electrons. The molecule has 1 aromatic heterocycles. The summed E-state index contributed by atoms with van der Waals surface area (Å²) >= 11 is 6.19. The van der Waals surface area contributed by atoms with Crippen LogP contribution >= 0.6 is 11.6 Å². The number of hydrogen-bond acceptors (Lipinski definition) is 2. The van der Waals surface area contributed by atoms with E-state index in [0.717, 1.165) is 33.9 Å². The van der Waals surface area contributed by atoms with Gasteiger partial charge in [-0.2, -0.15) is 0 Å². The van der Waals surface area contributed by atoms with Crippen molar-refractivity contribution in [1.29, 1.82) is 0 Å². The molecule has 0 fully saturated rings. The van der Waals surface area contributed by atoms with Gasteiger partial charge in [-0.1, -0.05) is 23.7 Å². The third kappa shape index (κ3) is 2.90. The van der Waals surface area contributed by atoms with Gasteiger partial charge < -0.3 is 10.2 Å². The maximum absolute atomic E-state index is 6.19. The van der Waals surface area contributed by atoms with Gasteiger partial charge in [0, 0.05) is 16.6 Å². The summed E-state index contributed by atoms with van der Waals surface area (Å²) in [6, 6.07) is 7.93. The van der Waals surface area contributed by atoms with E-state index in [1.807, 2.05) is 32.0 Å². The van der Waals surface area contributed by atoms with Crippen molar-refractivity contribution in [2.24, 2.45) is 5.73 Å². The first-order valence-electron chi connectivity index (χ1n) is 5.62. The number of hydrogen-bond donors (Lipinski definition) is 1. The van der Waals surface area contributed by atoms with Crippen molar-refractivity contribution in [2.45, 2.75) is 26.3 Å². The monoisotopic (exact) mass is 249 g/mol. The molecule has 0 aliphatic carbocycles. The number of benzene rings is 1. The SMILES string of the molecule is Cc1ccc(CC(N)c2coc(C)c2)c(Cl)c1. The Balaban J connectivity index is 2.15. The highest BCUT2D eigenvalue weighted by Crippen LogP contribution is 2.24. The van der Waals surface area contributed by atoms with E-state index in [-0.39, 0.29) is 6.04 Å². The van der Waals surface area contributed by atoms with Gasteiger partial charge in [-0.3, -0.25) is 0 Å². The molecule has 2 rings (SSSR count). The van der Waals surface area contributed by atoms with Crippen molar-refractivity contribution in [3.8, 4) is 0 Å². The Kier molecular flexibility index (Phi) is 3.55. The lowest BCUT2D eigenvalue weighted by atomic mass is 10.0. The number of nitrogens with two attached hydrogens (primary N) is 1. The fraction of sp³-hybridized carbons (Fsp3) is 0.286. The molecule has 1 unspecified atom stereocenters. The molecular weight excluding hydrogens is 234 g/mol. The van der Waals surface area contributed by atoms with E-state index in [1.165, 1.54) is 0 Å². The molecule has 0 amide bonds. The average Bonchev–Trinajstić information content (AvgIpc) is 2.69. The standard InChI is InChI=1S/C14H16ClNO/c1-9-3-4-11(13(15)5-9)7-14(16)12-6-10(2)17-8-12/h3-6,8,14H,7,16H2,1-2H3. The van der Waals surface area contributed by atoms with Crippen LogP contribution in [0.1, 0.15) is 28.5 Å². The zero-order valence-corrected chi connectivity index (χ0v) is 10.8. The minimum atomic E-state index is -0.0762. The molecule has 0 bridgehead atoms. The largest absolute Gasteiger partial charge is 0.469 e. The van der Waals surface area contributed by atoms with Crippen LogP contribution in [-0.4, -0.2) is 0 Å². The van der Waals surface area contributed by atoms with E-state index < -0.39 is 0 Å². The summed E-state index contributed by atoms with van der Waals surface area (Å²) in [7, 11) is 0. The topological polar surface area (TPSA) is 39.2 Å². The second kappa shape index (κ2) is 4.94. The molecule has 0 saturated heterocycles. The predicted molar refractivity (Wildman–Crippen MR) is 70.3 cm³/mol. The van der Waals surface area contributed by atoms with Gasteiger partial charge in [0.05, 0.1) is 6.26 Å². The number of halogens is 1. The van der Waals surface area contributed by atoms with Crippen molar-refractivity contribution in [3.05, 3.63) is 58.0 Å². The minimum absolute atomic E-state index is 0.0762. The van der Waals surface area contributed by atoms with Gasteiger partial charge >= 0.3 is 0 Å². The van der Waals surface area contributed by atoms with Crippen LogP contribution in [0.15, 0.2) is 34.9 Å². The van der Waals surface area contributed by atoms with Crippen LogP contribution in [0.5, 0.6) is 0 Å². The normalized spacial score (nSPS) is 12.7. The maximum atomic E-state index is 6.19. The van der Waals surface area contributed by atoms with Crippen LogP contribution in [0.25, 0.3) is 0 Å². The quantitative estimate of drug-likeness (QED) is 0.899. The van der Waals surface area contributed by atoms with Crippen molar-refractivity contribution < 1.29 is 4.42 Å². The average molecular weight is 250 g/mol. The number of furan rings is 1. The first-order chi connectivity index (χ1) is 8.06. The molecule has 17 heavy (non-hydrogen) atoms. The van der Waals surface area contributed by atoms with Crippen molar-refractivity contribution in [1.82, 2.24) is 0 Å². The van der Waals surface area contributed by atoms with Crippen LogP contribution in [0, 0.1) is 13.8 Å². The Hall–Kier alpha value is -1.25. The molecule has 2 nitrogen and oxygen atoms in total. The summed E-state index contributed by atoms with van der Waals surface area (Å²) in [5, 5.41) is 0.778. The predicted octanol–water partition coefficient (Wildman–Crippen LogP) is 3.79. The number of aryl methyl sites for hydroxylation is 2. The third-order valence-corrected chi connectivity index (χ3v) is 3.18. The molecule has 0 spiro atoms. The highest BCUT2D eigenvalue weighted by molar-refractivity contribution is 6.31. The molecular formula is C14H16ClNO. The van der Waals surface area contributed by atoms with E-state index in [0.29, 0.717) is 0 Å². The van der Waals surface area contributed by atoms with Crippen LogP contribution in [0.3, 0.4) is 0 Å². The summed E-state index contributed by atoms with van der Waals surface area (Å²) < 4.78 is 5.26. The van der Waals surface area contributed by atoms with Gasteiger partial charge in [0.1, 0.15) is 5.76 Å². The molecule has 2 aromatic rings. The van der Waals surface area contributed by atoms with Crippen molar-refractivity contribution >= 4 is 11.6 Å². The second-order valence-corrected chi connectivity index (χ2v) is 4.80. The van der Waals surface area contributed by atoms with E-state index in [9.17, 15) is 0 Å². The molecule has 0 aliphatic heterocycles. The van der Waals surface area contributed by atoms with Gasteiger partial charge in [0.25, 0.3) is 0 Å². The highest BCUT2D eigenvalue weighted by Gasteiger charge is 2.11. The molecule has 2 N–H and O–H groups in total. The lowest BCUT2D eigenvalue weighted by molar-refractivity contribution is 0.528. The lowest BCUT2D eigenvalue weighted by Crippen LogP contribution is -2.12. The summed E-state index contributed by atoms with van der Waals surface area (Å²) in [5.74, 6) is 0.880. The Labute approximate surface area is 106 Å². The fourth-order valence-electron chi connectivity index (χ4n) is 1.83. The molecule has 1 atom stereocenters. The van der Waals surface area contributed by atoms with Crippen LogP contribution in [-0.2, 0) is 6.42 Å². The van der Waals surface area contributed by atoms with Crippen LogP contribution < -0.4 is 5.73 Å². The second-order valence-electron chi connectivity index (χ2n) is 4.40. The fourth-order valence-corrected chi connectivity index (χ4v) is 2.14. The highest BCUT2D eigenvalue weighted by atomic mass is 35.5. The van der Waals surface area contributed by atoms with E-state index >= 15 is 0 Å². The Bertz CT molecular complexity index is 519. The molecule has 0 aliphatic rings. The minimum Gasteiger partial charge on any atom is -0.469 e. The third-order valence-electron chi connectivity index (χ3n) is 2.83. The molecule has 3 heteroatoms. The Morgan fingerprint density at radius 1 is 1.29 bits per heavy atom. The first kappa shape index (κ1) is 12.2. The summed E-state index contributed by atoms with van der Waals surface area (Å²) in [6.07, 6.45) is 2.43. The van der Waals surface area contributed by atoms with Gasteiger partial charge in [-0.05, 0) is 43.5 Å². The van der Waals surface area contributed by atoms with Gasteiger partial charge in [-0.15, -0.1) is 0 Å².